The number of nitrogens with one attached hydrogen (secondary N) is 1. The average Bonchev–Trinajstić information content (AvgIpc) is 2.55. The van der Waals surface area contributed by atoms with Gasteiger partial charge in [-0.15, -0.1) is 0 Å². The molecule has 0 aliphatic carbocycles. The highest BCUT2D eigenvalue weighted by Gasteiger charge is 2.18. The molecule has 2 heterocycles. The van der Waals surface area contributed by atoms with Crippen LogP contribution in [0, 0.1) is 5.95 Å². The van der Waals surface area contributed by atoms with Crippen molar-refractivity contribution in [3.05, 3.63) is 63.8 Å². The monoisotopic (exact) mass is 328 g/mol. The molecule has 2 N–H and O–H groups in total. The fourth-order valence-corrected chi connectivity index (χ4v) is 2.33. The third kappa shape index (κ3) is 2.81. The third-order valence-electron chi connectivity index (χ3n) is 3.50. The van der Waals surface area contributed by atoms with Gasteiger partial charge in [-0.05, 0) is 5.56 Å². The number of fused-ring (bicyclic) bond motifs is 1. The van der Waals surface area contributed by atoms with E-state index < -0.39 is 22.9 Å². The van der Waals surface area contributed by atoms with Crippen LogP contribution in [-0.4, -0.2) is 33.1 Å². The summed E-state index contributed by atoms with van der Waals surface area (Å²) in [5.74, 6) is -2.38. The van der Waals surface area contributed by atoms with Crippen LogP contribution in [0.25, 0.3) is 11.2 Å². The lowest BCUT2D eigenvalue weighted by atomic mass is 10.2. The Labute approximate surface area is 135 Å². The predicted octanol–water partition coefficient (Wildman–Crippen LogP) is 1.79. The maximum Gasteiger partial charge on any atom is 0.341 e. The molecule has 0 aliphatic heterocycles. The molecule has 0 saturated heterocycles. The molecule has 2 aromatic heterocycles. The number of benzene rings is 1. The quantitative estimate of drug-likeness (QED) is 0.757. The molecule has 122 valence electrons. The number of carbonyl (C=O) groups is 1. The predicted molar refractivity (Wildman–Crippen MR) is 85.6 cm³/mol. The molecule has 0 fully saturated rings. The van der Waals surface area contributed by atoms with Crippen molar-refractivity contribution in [2.45, 2.75) is 6.54 Å². The van der Waals surface area contributed by atoms with Gasteiger partial charge >= 0.3 is 5.97 Å². The van der Waals surface area contributed by atoms with E-state index >= 15 is 0 Å². The molecule has 8 heteroatoms. The summed E-state index contributed by atoms with van der Waals surface area (Å²) in [5.41, 5.74) is -0.747. The molecular weight excluding hydrogens is 315 g/mol. The standard InChI is InChI=1S/C16H13FN4O3/c1-21(8-9-5-3-2-4-6-9)15-13(17)19-11-12(22)10(16(23)24)7-18-14(11)20-15/h2-7H,8H2,1H3,(H,23,24)(H,18,20,22). The lowest BCUT2D eigenvalue weighted by molar-refractivity contribution is 0.0695. The molecule has 1 aromatic carbocycles. The number of nitrogens with zero attached hydrogens (tertiary/aromatic N) is 3. The van der Waals surface area contributed by atoms with Crippen LogP contribution in [0.15, 0.2) is 41.3 Å². The topological polar surface area (TPSA) is 99.2 Å². The Balaban J connectivity index is 2.04. The van der Waals surface area contributed by atoms with Crippen LogP contribution < -0.4 is 10.3 Å². The van der Waals surface area contributed by atoms with Crippen molar-refractivity contribution in [1.82, 2.24) is 15.0 Å². The summed E-state index contributed by atoms with van der Waals surface area (Å²) in [5, 5.41) is 8.93. The number of carboxylic acid groups (broad SMARTS) is 1. The highest BCUT2D eigenvalue weighted by atomic mass is 19.1. The van der Waals surface area contributed by atoms with E-state index in [1.54, 1.807) is 11.9 Å². The molecule has 7 nitrogen and oxygen atoms in total. The second kappa shape index (κ2) is 6.07. The lowest BCUT2D eigenvalue weighted by Crippen LogP contribution is -2.22. The van der Waals surface area contributed by atoms with Crippen molar-refractivity contribution >= 4 is 23.0 Å². The van der Waals surface area contributed by atoms with E-state index in [4.69, 9.17) is 5.11 Å². The molecule has 0 saturated carbocycles. The van der Waals surface area contributed by atoms with E-state index in [0.29, 0.717) is 6.54 Å². The number of aromatic nitrogens is 3. The molecule has 0 spiro atoms. The molecule has 3 rings (SSSR count). The SMILES string of the molecule is CN(Cc1ccccc1)c1nc2[nH]cc(C(=O)O)c(=O)c2nc1F. The number of hydrogen-bond acceptors (Lipinski definition) is 5. The number of hydrogen-bond donors (Lipinski definition) is 2. The van der Waals surface area contributed by atoms with Gasteiger partial charge in [-0.2, -0.15) is 4.39 Å². The van der Waals surface area contributed by atoms with Crippen LogP contribution in [0.1, 0.15) is 15.9 Å². The smallest absolute Gasteiger partial charge is 0.341 e. The number of halogens is 1. The maximum absolute atomic E-state index is 14.3. The van der Waals surface area contributed by atoms with Gasteiger partial charge < -0.3 is 15.0 Å². The van der Waals surface area contributed by atoms with Crippen LogP contribution in [0.5, 0.6) is 0 Å². The van der Waals surface area contributed by atoms with E-state index in [0.717, 1.165) is 11.8 Å². The molecule has 0 radical (unpaired) electrons. The van der Waals surface area contributed by atoms with Crippen molar-refractivity contribution in [1.29, 1.82) is 0 Å². The van der Waals surface area contributed by atoms with Crippen LogP contribution in [0.4, 0.5) is 10.2 Å². The number of anilines is 1. The highest BCUT2D eigenvalue weighted by Crippen LogP contribution is 2.18. The Hall–Kier alpha value is -3.29. The average molecular weight is 328 g/mol. The summed E-state index contributed by atoms with van der Waals surface area (Å²) >= 11 is 0. The van der Waals surface area contributed by atoms with Gasteiger partial charge in [0.2, 0.25) is 5.43 Å². The van der Waals surface area contributed by atoms with Gasteiger partial charge in [-0.25, -0.2) is 14.8 Å². The number of rotatable bonds is 4. The van der Waals surface area contributed by atoms with E-state index in [-0.39, 0.29) is 17.0 Å². The molecule has 24 heavy (non-hydrogen) atoms. The van der Waals surface area contributed by atoms with E-state index in [9.17, 15) is 14.0 Å². The van der Waals surface area contributed by atoms with Crippen LogP contribution in [-0.2, 0) is 6.54 Å². The van der Waals surface area contributed by atoms with E-state index in [1.165, 1.54) is 0 Å². The number of H-pyrrole nitrogens is 1. The summed E-state index contributed by atoms with van der Waals surface area (Å²) in [7, 11) is 1.65. The largest absolute Gasteiger partial charge is 0.477 e. The molecule has 0 bridgehead atoms. The number of pyridine rings is 1. The molecule has 0 aliphatic rings. The molecule has 0 amide bonds. The Morgan fingerprint density at radius 3 is 2.67 bits per heavy atom. The van der Waals surface area contributed by atoms with Gasteiger partial charge in [-0.1, -0.05) is 30.3 Å². The Kier molecular flexibility index (Phi) is 3.95. The zero-order valence-corrected chi connectivity index (χ0v) is 12.7. The first-order chi connectivity index (χ1) is 11.5. The third-order valence-corrected chi connectivity index (χ3v) is 3.50. The molecular formula is C16H13FN4O3. The first kappa shape index (κ1) is 15.6. The summed E-state index contributed by atoms with van der Waals surface area (Å²) in [6, 6.07) is 9.41. The van der Waals surface area contributed by atoms with Gasteiger partial charge in [0.1, 0.15) is 5.56 Å². The van der Waals surface area contributed by atoms with Gasteiger partial charge in [0.25, 0.3) is 5.95 Å². The number of carboxylic acids is 1. The first-order valence-electron chi connectivity index (χ1n) is 7.04. The molecule has 0 unspecified atom stereocenters. The Bertz CT molecular complexity index is 972. The first-order valence-corrected chi connectivity index (χ1v) is 7.04. The van der Waals surface area contributed by atoms with Gasteiger partial charge in [0.15, 0.2) is 17.0 Å². The van der Waals surface area contributed by atoms with Crippen molar-refractivity contribution in [2.75, 3.05) is 11.9 Å². The minimum atomic E-state index is -1.41. The van der Waals surface area contributed by atoms with Crippen molar-refractivity contribution in [3.63, 3.8) is 0 Å². The second-order valence-corrected chi connectivity index (χ2v) is 5.21. The minimum Gasteiger partial charge on any atom is -0.477 e. The summed E-state index contributed by atoms with van der Waals surface area (Å²) in [6.07, 6.45) is 1.03. The van der Waals surface area contributed by atoms with Gasteiger partial charge in [0, 0.05) is 19.8 Å². The van der Waals surface area contributed by atoms with Gasteiger partial charge in [0.05, 0.1) is 0 Å². The van der Waals surface area contributed by atoms with Gasteiger partial charge in [-0.3, -0.25) is 4.79 Å². The second-order valence-electron chi connectivity index (χ2n) is 5.21. The highest BCUT2D eigenvalue weighted by molar-refractivity contribution is 5.90. The van der Waals surface area contributed by atoms with Crippen molar-refractivity contribution in [3.8, 4) is 0 Å². The number of aromatic carboxylic acids is 1. The summed E-state index contributed by atoms with van der Waals surface area (Å²) in [6.45, 7) is 0.398. The lowest BCUT2D eigenvalue weighted by Gasteiger charge is -2.18. The Morgan fingerprint density at radius 2 is 2.00 bits per heavy atom. The zero-order chi connectivity index (χ0) is 17.3. The van der Waals surface area contributed by atoms with Crippen molar-refractivity contribution < 1.29 is 14.3 Å². The zero-order valence-electron chi connectivity index (χ0n) is 12.7. The summed E-state index contributed by atoms with van der Waals surface area (Å²) in [4.78, 5) is 34.8. The van der Waals surface area contributed by atoms with E-state index in [1.807, 2.05) is 30.3 Å². The molecule has 3 aromatic rings. The normalized spacial score (nSPS) is 10.8. The fourth-order valence-electron chi connectivity index (χ4n) is 2.33. The summed E-state index contributed by atoms with van der Waals surface area (Å²) < 4.78 is 14.3. The van der Waals surface area contributed by atoms with Crippen molar-refractivity contribution in [2.24, 2.45) is 0 Å². The van der Waals surface area contributed by atoms with E-state index in [2.05, 4.69) is 15.0 Å². The number of aromatic amines is 1. The molecule has 0 atom stereocenters. The minimum absolute atomic E-state index is 0.0290. The maximum atomic E-state index is 14.3. The van der Waals surface area contributed by atoms with Crippen LogP contribution in [0.2, 0.25) is 0 Å². The van der Waals surface area contributed by atoms with Crippen LogP contribution in [0.3, 0.4) is 0 Å². The fraction of sp³-hybridized carbons (Fsp3) is 0.125. The Morgan fingerprint density at radius 1 is 1.29 bits per heavy atom. The van der Waals surface area contributed by atoms with Crippen LogP contribution >= 0.6 is 0 Å².